The third-order valence-corrected chi connectivity index (χ3v) is 3.75. The van der Waals surface area contributed by atoms with E-state index in [0.29, 0.717) is 18.5 Å². The highest BCUT2D eigenvalue weighted by molar-refractivity contribution is 5.82. The molecule has 2 N–H and O–H groups in total. The summed E-state index contributed by atoms with van der Waals surface area (Å²) in [7, 11) is 0. The Morgan fingerprint density at radius 3 is 2.65 bits per heavy atom. The molecule has 1 saturated carbocycles. The van der Waals surface area contributed by atoms with Crippen molar-refractivity contribution in [1.82, 2.24) is 4.90 Å². The van der Waals surface area contributed by atoms with Gasteiger partial charge in [0.25, 0.3) is 0 Å². The van der Waals surface area contributed by atoms with Crippen LogP contribution in [0.3, 0.4) is 0 Å². The van der Waals surface area contributed by atoms with Crippen molar-refractivity contribution in [3.05, 3.63) is 35.4 Å². The maximum Gasteiger partial charge on any atom is 0.240 e. The molecule has 3 heteroatoms. The second kappa shape index (κ2) is 6.40. The van der Waals surface area contributed by atoms with Gasteiger partial charge in [0, 0.05) is 12.6 Å². The zero-order chi connectivity index (χ0) is 14.7. The van der Waals surface area contributed by atoms with Gasteiger partial charge in [0.05, 0.1) is 6.04 Å². The van der Waals surface area contributed by atoms with Gasteiger partial charge in [-0.05, 0) is 37.7 Å². The molecule has 0 saturated heterocycles. The second-order valence-corrected chi connectivity index (χ2v) is 6.42. The number of carbonyl (C=O) groups excluding carboxylic acids is 1. The summed E-state index contributed by atoms with van der Waals surface area (Å²) in [6.07, 6.45) is 2.99. The van der Waals surface area contributed by atoms with E-state index in [2.05, 4.69) is 39.0 Å². The van der Waals surface area contributed by atoms with Crippen molar-refractivity contribution >= 4 is 5.91 Å². The average molecular weight is 274 g/mol. The highest BCUT2D eigenvalue weighted by Gasteiger charge is 2.34. The lowest BCUT2D eigenvalue weighted by Crippen LogP contribution is -2.45. The first-order valence-electron chi connectivity index (χ1n) is 7.59. The number of amides is 1. The monoisotopic (exact) mass is 274 g/mol. The summed E-state index contributed by atoms with van der Waals surface area (Å²) in [5, 5.41) is 0. The molecule has 1 atom stereocenters. The number of benzene rings is 1. The predicted octanol–water partition coefficient (Wildman–Crippen LogP) is 2.86. The molecule has 0 aliphatic heterocycles. The van der Waals surface area contributed by atoms with E-state index in [1.807, 2.05) is 11.0 Å². The Kier molecular flexibility index (Phi) is 4.81. The van der Waals surface area contributed by atoms with Crippen molar-refractivity contribution in [1.29, 1.82) is 0 Å². The van der Waals surface area contributed by atoms with E-state index in [4.69, 9.17) is 5.73 Å². The van der Waals surface area contributed by atoms with Crippen LogP contribution < -0.4 is 5.73 Å². The summed E-state index contributed by atoms with van der Waals surface area (Å²) in [6, 6.07) is 8.41. The SMILES string of the molecule is Cc1cccc(CN(C(=O)C(N)CC(C)C)C2CC2)c1. The third kappa shape index (κ3) is 4.07. The number of carbonyl (C=O) groups is 1. The Balaban J connectivity index is 2.05. The van der Waals surface area contributed by atoms with Crippen LogP contribution in [0.2, 0.25) is 0 Å². The van der Waals surface area contributed by atoms with Gasteiger partial charge < -0.3 is 10.6 Å². The van der Waals surface area contributed by atoms with Crippen LogP contribution in [0.25, 0.3) is 0 Å². The molecule has 1 amide bonds. The van der Waals surface area contributed by atoms with E-state index in [1.54, 1.807) is 0 Å². The smallest absolute Gasteiger partial charge is 0.240 e. The van der Waals surface area contributed by atoms with Crippen LogP contribution in [-0.2, 0) is 11.3 Å². The van der Waals surface area contributed by atoms with E-state index in [0.717, 1.165) is 19.3 Å². The van der Waals surface area contributed by atoms with Crippen molar-refractivity contribution in [2.24, 2.45) is 11.7 Å². The lowest BCUT2D eigenvalue weighted by atomic mass is 10.0. The molecule has 0 heterocycles. The fourth-order valence-electron chi connectivity index (χ4n) is 2.60. The summed E-state index contributed by atoms with van der Waals surface area (Å²) in [4.78, 5) is 14.5. The minimum absolute atomic E-state index is 0.114. The highest BCUT2D eigenvalue weighted by Crippen LogP contribution is 2.29. The summed E-state index contributed by atoms with van der Waals surface area (Å²) < 4.78 is 0. The van der Waals surface area contributed by atoms with Crippen LogP contribution >= 0.6 is 0 Å². The van der Waals surface area contributed by atoms with Crippen molar-refractivity contribution < 1.29 is 4.79 Å². The van der Waals surface area contributed by atoms with E-state index in [-0.39, 0.29) is 11.9 Å². The van der Waals surface area contributed by atoms with Crippen molar-refractivity contribution in [3.8, 4) is 0 Å². The molecule has 0 spiro atoms. The fraction of sp³-hybridized carbons (Fsp3) is 0.588. The topological polar surface area (TPSA) is 46.3 Å². The number of nitrogens with two attached hydrogens (primary N) is 1. The van der Waals surface area contributed by atoms with E-state index in [1.165, 1.54) is 11.1 Å². The second-order valence-electron chi connectivity index (χ2n) is 6.42. The van der Waals surface area contributed by atoms with Crippen molar-refractivity contribution in [3.63, 3.8) is 0 Å². The molecule has 1 fully saturated rings. The fourth-order valence-corrected chi connectivity index (χ4v) is 2.60. The Bertz CT molecular complexity index is 466. The molecule has 0 radical (unpaired) electrons. The largest absolute Gasteiger partial charge is 0.334 e. The lowest BCUT2D eigenvalue weighted by Gasteiger charge is -2.26. The summed E-state index contributed by atoms with van der Waals surface area (Å²) >= 11 is 0. The molecule has 110 valence electrons. The first-order chi connectivity index (χ1) is 9.47. The zero-order valence-electron chi connectivity index (χ0n) is 12.8. The molecule has 20 heavy (non-hydrogen) atoms. The number of hydrogen-bond donors (Lipinski definition) is 1. The number of hydrogen-bond acceptors (Lipinski definition) is 2. The Morgan fingerprint density at radius 2 is 2.10 bits per heavy atom. The quantitative estimate of drug-likeness (QED) is 0.867. The molecule has 1 unspecified atom stereocenters. The lowest BCUT2D eigenvalue weighted by molar-refractivity contribution is -0.134. The van der Waals surface area contributed by atoms with Gasteiger partial charge in [-0.25, -0.2) is 0 Å². The Morgan fingerprint density at radius 1 is 1.40 bits per heavy atom. The van der Waals surface area contributed by atoms with Gasteiger partial charge in [-0.3, -0.25) is 4.79 Å². The Labute approximate surface area is 122 Å². The molecule has 2 rings (SSSR count). The van der Waals surface area contributed by atoms with E-state index in [9.17, 15) is 4.79 Å². The van der Waals surface area contributed by atoms with Crippen molar-refractivity contribution in [2.75, 3.05) is 0 Å². The standard InChI is InChI=1S/C17H26N2O/c1-12(2)9-16(18)17(20)19(15-7-8-15)11-14-6-4-5-13(3)10-14/h4-6,10,12,15-16H,7-9,11,18H2,1-3H3. The summed E-state index contributed by atoms with van der Waals surface area (Å²) in [5.74, 6) is 0.566. The average Bonchev–Trinajstić information content (AvgIpc) is 3.18. The zero-order valence-corrected chi connectivity index (χ0v) is 12.8. The Hall–Kier alpha value is -1.35. The van der Waals surface area contributed by atoms with Crippen molar-refractivity contribution in [2.45, 2.75) is 58.7 Å². The van der Waals surface area contributed by atoms with Crippen LogP contribution in [0.5, 0.6) is 0 Å². The first kappa shape index (κ1) is 15.0. The number of nitrogens with zero attached hydrogens (tertiary/aromatic N) is 1. The van der Waals surface area contributed by atoms with Gasteiger partial charge in [0.15, 0.2) is 0 Å². The van der Waals surface area contributed by atoms with Gasteiger partial charge in [0.2, 0.25) is 5.91 Å². The molecular weight excluding hydrogens is 248 g/mol. The maximum absolute atomic E-state index is 12.6. The van der Waals surface area contributed by atoms with Crippen LogP contribution in [-0.4, -0.2) is 22.9 Å². The summed E-state index contributed by atoms with van der Waals surface area (Å²) in [6.45, 7) is 6.98. The molecule has 0 bridgehead atoms. The van der Waals surface area contributed by atoms with Crippen LogP contribution in [0.4, 0.5) is 0 Å². The number of rotatable bonds is 6. The van der Waals surface area contributed by atoms with Gasteiger partial charge >= 0.3 is 0 Å². The predicted molar refractivity (Wildman–Crippen MR) is 82.2 cm³/mol. The normalized spacial score (nSPS) is 16.2. The molecule has 1 aromatic rings. The number of aryl methyl sites for hydroxylation is 1. The molecular formula is C17H26N2O. The molecule has 1 aliphatic rings. The van der Waals surface area contributed by atoms with Crippen LogP contribution in [0, 0.1) is 12.8 Å². The first-order valence-corrected chi connectivity index (χ1v) is 7.59. The van der Waals surface area contributed by atoms with Gasteiger partial charge in [-0.15, -0.1) is 0 Å². The van der Waals surface area contributed by atoms with Gasteiger partial charge in [-0.1, -0.05) is 43.7 Å². The maximum atomic E-state index is 12.6. The molecule has 1 aromatic carbocycles. The molecule has 3 nitrogen and oxygen atoms in total. The highest BCUT2D eigenvalue weighted by atomic mass is 16.2. The van der Waals surface area contributed by atoms with Gasteiger partial charge in [0.1, 0.15) is 0 Å². The minimum Gasteiger partial charge on any atom is -0.334 e. The van der Waals surface area contributed by atoms with Crippen LogP contribution in [0.15, 0.2) is 24.3 Å². The van der Waals surface area contributed by atoms with Gasteiger partial charge in [-0.2, -0.15) is 0 Å². The molecule has 1 aliphatic carbocycles. The van der Waals surface area contributed by atoms with E-state index >= 15 is 0 Å². The third-order valence-electron chi connectivity index (χ3n) is 3.75. The minimum atomic E-state index is -0.361. The molecule has 0 aromatic heterocycles. The van der Waals surface area contributed by atoms with E-state index < -0.39 is 0 Å². The summed E-state index contributed by atoms with van der Waals surface area (Å²) in [5.41, 5.74) is 8.51. The van der Waals surface area contributed by atoms with Crippen LogP contribution in [0.1, 0.15) is 44.2 Å².